The first-order chi connectivity index (χ1) is 10.6. The van der Waals surface area contributed by atoms with E-state index in [2.05, 4.69) is 20.8 Å². The third-order valence-corrected chi connectivity index (χ3v) is 4.47. The third kappa shape index (κ3) is 3.61. The van der Waals surface area contributed by atoms with E-state index in [1.165, 1.54) is 11.3 Å². The molecule has 0 aliphatic heterocycles. The lowest BCUT2D eigenvalue weighted by Gasteiger charge is -2.06. The molecule has 0 radical (unpaired) electrons. The number of carbonyl (C=O) groups is 2. The summed E-state index contributed by atoms with van der Waals surface area (Å²) < 4.78 is 0. The molecule has 0 unspecified atom stereocenters. The van der Waals surface area contributed by atoms with Crippen LogP contribution in [-0.2, 0) is 4.79 Å². The third-order valence-electron chi connectivity index (χ3n) is 3.14. The SMILES string of the molecule is O=C(CNC(=O)c1ccccc1Cl)Nc1nnc(C2CC2)s1. The Hall–Kier alpha value is -1.99. The van der Waals surface area contributed by atoms with Crippen LogP contribution in [0.2, 0.25) is 5.02 Å². The van der Waals surface area contributed by atoms with Gasteiger partial charge in [-0.3, -0.25) is 14.9 Å². The Bertz CT molecular complexity index is 714. The topological polar surface area (TPSA) is 84.0 Å². The van der Waals surface area contributed by atoms with Gasteiger partial charge in [0.2, 0.25) is 11.0 Å². The Balaban J connectivity index is 1.51. The largest absolute Gasteiger partial charge is 0.343 e. The van der Waals surface area contributed by atoms with Crippen molar-refractivity contribution < 1.29 is 9.59 Å². The number of rotatable bonds is 5. The normalized spacial score (nSPS) is 13.7. The summed E-state index contributed by atoms with van der Waals surface area (Å²) in [5.74, 6) is -0.237. The number of amides is 2. The van der Waals surface area contributed by atoms with E-state index in [0.29, 0.717) is 21.6 Å². The minimum absolute atomic E-state index is 0.150. The van der Waals surface area contributed by atoms with Crippen LogP contribution < -0.4 is 10.6 Å². The van der Waals surface area contributed by atoms with Gasteiger partial charge in [-0.05, 0) is 25.0 Å². The van der Waals surface area contributed by atoms with Gasteiger partial charge in [0.25, 0.3) is 5.91 Å². The molecule has 2 aromatic rings. The van der Waals surface area contributed by atoms with E-state index < -0.39 is 5.91 Å². The molecular formula is C14H13ClN4O2S. The summed E-state index contributed by atoms with van der Waals surface area (Å²) in [6.45, 7) is -0.150. The quantitative estimate of drug-likeness (QED) is 0.878. The highest BCUT2D eigenvalue weighted by molar-refractivity contribution is 7.15. The lowest BCUT2D eigenvalue weighted by molar-refractivity contribution is -0.115. The Kier molecular flexibility index (Phi) is 4.35. The number of halogens is 1. The molecule has 22 heavy (non-hydrogen) atoms. The Labute approximate surface area is 135 Å². The zero-order chi connectivity index (χ0) is 15.5. The van der Waals surface area contributed by atoms with Gasteiger partial charge in [0.15, 0.2) is 0 Å². The second-order valence-electron chi connectivity index (χ2n) is 4.93. The van der Waals surface area contributed by atoms with Crippen molar-refractivity contribution in [2.45, 2.75) is 18.8 Å². The van der Waals surface area contributed by atoms with Crippen molar-refractivity contribution in [1.29, 1.82) is 0 Å². The predicted octanol–water partition coefficient (Wildman–Crippen LogP) is 2.44. The van der Waals surface area contributed by atoms with Crippen molar-refractivity contribution >= 4 is 39.9 Å². The average molecular weight is 337 g/mol. The molecule has 1 aromatic carbocycles. The zero-order valence-corrected chi connectivity index (χ0v) is 13.1. The molecule has 0 spiro atoms. The summed E-state index contributed by atoms with van der Waals surface area (Å²) in [4.78, 5) is 23.7. The van der Waals surface area contributed by atoms with Crippen LogP contribution in [-0.4, -0.2) is 28.6 Å². The highest BCUT2D eigenvalue weighted by atomic mass is 35.5. The smallest absolute Gasteiger partial charge is 0.253 e. The molecule has 1 fully saturated rings. The van der Waals surface area contributed by atoms with E-state index in [-0.39, 0.29) is 12.5 Å². The zero-order valence-electron chi connectivity index (χ0n) is 11.5. The number of aromatic nitrogens is 2. The molecular weight excluding hydrogens is 324 g/mol. The molecule has 1 aromatic heterocycles. The van der Waals surface area contributed by atoms with Gasteiger partial charge in [0.1, 0.15) is 5.01 Å². The number of benzene rings is 1. The van der Waals surface area contributed by atoms with Crippen molar-refractivity contribution in [1.82, 2.24) is 15.5 Å². The monoisotopic (exact) mass is 336 g/mol. The molecule has 0 saturated heterocycles. The minimum atomic E-state index is -0.392. The lowest BCUT2D eigenvalue weighted by atomic mass is 10.2. The highest BCUT2D eigenvalue weighted by Crippen LogP contribution is 2.41. The molecule has 8 heteroatoms. The Morgan fingerprint density at radius 2 is 2.05 bits per heavy atom. The minimum Gasteiger partial charge on any atom is -0.343 e. The number of carbonyl (C=O) groups excluding carboxylic acids is 2. The summed E-state index contributed by atoms with van der Waals surface area (Å²) >= 11 is 7.30. The lowest BCUT2D eigenvalue weighted by Crippen LogP contribution is -2.32. The van der Waals surface area contributed by atoms with E-state index in [4.69, 9.17) is 11.6 Å². The van der Waals surface area contributed by atoms with Crippen LogP contribution in [0.5, 0.6) is 0 Å². The van der Waals surface area contributed by atoms with Crippen LogP contribution in [0.1, 0.15) is 34.1 Å². The molecule has 1 aliphatic rings. The fourth-order valence-electron chi connectivity index (χ4n) is 1.84. The summed E-state index contributed by atoms with van der Waals surface area (Å²) in [5, 5.41) is 14.9. The number of nitrogens with zero attached hydrogens (tertiary/aromatic N) is 2. The molecule has 2 N–H and O–H groups in total. The van der Waals surface area contributed by atoms with Crippen LogP contribution in [0.15, 0.2) is 24.3 Å². The maximum absolute atomic E-state index is 11.9. The molecule has 0 bridgehead atoms. The molecule has 3 rings (SSSR count). The fourth-order valence-corrected chi connectivity index (χ4v) is 3.00. The van der Waals surface area contributed by atoms with Gasteiger partial charge in [-0.2, -0.15) is 0 Å². The van der Waals surface area contributed by atoms with Gasteiger partial charge in [0, 0.05) is 5.92 Å². The molecule has 1 saturated carbocycles. The number of anilines is 1. The number of hydrogen-bond acceptors (Lipinski definition) is 5. The fraction of sp³-hybridized carbons (Fsp3) is 0.286. The van der Waals surface area contributed by atoms with Crippen molar-refractivity contribution in [3.05, 3.63) is 39.9 Å². The van der Waals surface area contributed by atoms with Gasteiger partial charge in [0.05, 0.1) is 17.1 Å². The maximum atomic E-state index is 11.9. The van der Waals surface area contributed by atoms with Crippen molar-refractivity contribution in [3.8, 4) is 0 Å². The van der Waals surface area contributed by atoms with Crippen LogP contribution in [0.4, 0.5) is 5.13 Å². The van der Waals surface area contributed by atoms with Gasteiger partial charge in [-0.25, -0.2) is 0 Å². The molecule has 114 valence electrons. The molecule has 1 heterocycles. The van der Waals surface area contributed by atoms with Gasteiger partial charge < -0.3 is 5.32 Å². The van der Waals surface area contributed by atoms with E-state index in [9.17, 15) is 9.59 Å². The molecule has 0 atom stereocenters. The Morgan fingerprint density at radius 1 is 1.27 bits per heavy atom. The highest BCUT2D eigenvalue weighted by Gasteiger charge is 2.27. The summed E-state index contributed by atoms with van der Waals surface area (Å²) in [7, 11) is 0. The summed E-state index contributed by atoms with van der Waals surface area (Å²) in [6.07, 6.45) is 2.27. The molecule has 6 nitrogen and oxygen atoms in total. The van der Waals surface area contributed by atoms with Crippen LogP contribution in [0.25, 0.3) is 0 Å². The van der Waals surface area contributed by atoms with E-state index >= 15 is 0 Å². The second-order valence-corrected chi connectivity index (χ2v) is 6.35. The summed E-state index contributed by atoms with van der Waals surface area (Å²) in [6, 6.07) is 6.67. The van der Waals surface area contributed by atoms with Crippen molar-refractivity contribution in [2.75, 3.05) is 11.9 Å². The number of hydrogen-bond donors (Lipinski definition) is 2. The van der Waals surface area contributed by atoms with Crippen LogP contribution in [0, 0.1) is 0 Å². The van der Waals surface area contributed by atoms with Crippen molar-refractivity contribution in [2.24, 2.45) is 0 Å². The maximum Gasteiger partial charge on any atom is 0.253 e. The first-order valence-electron chi connectivity index (χ1n) is 6.79. The first-order valence-corrected chi connectivity index (χ1v) is 7.99. The van der Waals surface area contributed by atoms with Gasteiger partial charge in [-0.1, -0.05) is 35.1 Å². The van der Waals surface area contributed by atoms with E-state index in [0.717, 1.165) is 17.8 Å². The molecule has 2 amide bonds. The van der Waals surface area contributed by atoms with Crippen LogP contribution >= 0.6 is 22.9 Å². The standard InChI is InChI=1S/C14H13ClN4O2S/c15-10-4-2-1-3-9(10)12(21)16-7-11(20)17-14-19-18-13(22-14)8-5-6-8/h1-4,8H,5-7H2,(H,16,21)(H,17,19,20). The predicted molar refractivity (Wildman–Crippen MR) is 84.3 cm³/mol. The Morgan fingerprint density at radius 3 is 2.77 bits per heavy atom. The molecule has 1 aliphatic carbocycles. The first kappa shape index (κ1) is 14.9. The van der Waals surface area contributed by atoms with Crippen molar-refractivity contribution in [3.63, 3.8) is 0 Å². The van der Waals surface area contributed by atoms with Gasteiger partial charge >= 0.3 is 0 Å². The van der Waals surface area contributed by atoms with Gasteiger partial charge in [-0.15, -0.1) is 10.2 Å². The number of nitrogens with one attached hydrogen (secondary N) is 2. The van der Waals surface area contributed by atoms with E-state index in [1.807, 2.05) is 0 Å². The summed E-state index contributed by atoms with van der Waals surface area (Å²) in [5.41, 5.74) is 0.337. The van der Waals surface area contributed by atoms with Crippen LogP contribution in [0.3, 0.4) is 0 Å². The van der Waals surface area contributed by atoms with E-state index in [1.54, 1.807) is 24.3 Å². The second kappa shape index (κ2) is 6.41. The average Bonchev–Trinajstić information content (AvgIpc) is 3.26.